The Bertz CT molecular complexity index is 619. The Morgan fingerprint density at radius 3 is 2.72 bits per heavy atom. The average Bonchev–Trinajstić information content (AvgIpc) is 2.60. The zero-order valence-electron chi connectivity index (χ0n) is 14.6. The molecule has 1 aromatic heterocycles. The van der Waals surface area contributed by atoms with Crippen molar-refractivity contribution in [3.8, 4) is 0 Å². The third-order valence-electron chi connectivity index (χ3n) is 3.91. The van der Waals surface area contributed by atoms with Crippen molar-refractivity contribution in [1.29, 1.82) is 0 Å². The second-order valence-corrected chi connectivity index (χ2v) is 7.59. The predicted molar refractivity (Wildman–Crippen MR) is 111 cm³/mol. The van der Waals surface area contributed by atoms with Gasteiger partial charge in [0.1, 0.15) is 4.90 Å². The maximum absolute atomic E-state index is 12.1. The summed E-state index contributed by atoms with van der Waals surface area (Å²) in [5.74, 6) is 0.755. The van der Waals surface area contributed by atoms with Crippen molar-refractivity contribution in [3.63, 3.8) is 0 Å². The summed E-state index contributed by atoms with van der Waals surface area (Å²) in [5, 5.41) is 6.65. The van der Waals surface area contributed by atoms with Crippen molar-refractivity contribution in [2.45, 2.75) is 50.0 Å². The molecule has 0 saturated heterocycles. The number of rotatable bonds is 7. The van der Waals surface area contributed by atoms with Crippen LogP contribution in [0, 0.1) is 0 Å². The number of halogens is 1. The Labute approximate surface area is 167 Å². The minimum Gasteiger partial charge on any atom is -0.357 e. The summed E-state index contributed by atoms with van der Waals surface area (Å²) >= 11 is 0. The number of sulfonamides is 1. The molecular formula is C16H28IN5O2S. The van der Waals surface area contributed by atoms with Gasteiger partial charge in [-0.05, 0) is 31.9 Å². The highest BCUT2D eigenvalue weighted by atomic mass is 127. The van der Waals surface area contributed by atoms with E-state index in [0.29, 0.717) is 12.6 Å². The van der Waals surface area contributed by atoms with Gasteiger partial charge in [0.15, 0.2) is 5.96 Å². The van der Waals surface area contributed by atoms with Gasteiger partial charge in [-0.3, -0.25) is 9.98 Å². The van der Waals surface area contributed by atoms with Gasteiger partial charge in [-0.2, -0.15) is 0 Å². The molecule has 0 bridgehead atoms. The third kappa shape index (κ3) is 7.87. The number of nitrogens with zero attached hydrogens (tertiary/aromatic N) is 2. The first kappa shape index (κ1) is 22.1. The molecule has 1 saturated carbocycles. The number of guanidine groups is 1. The van der Waals surface area contributed by atoms with E-state index in [1.807, 2.05) is 6.92 Å². The molecule has 3 N–H and O–H groups in total. The van der Waals surface area contributed by atoms with E-state index in [0.717, 1.165) is 25.3 Å². The van der Waals surface area contributed by atoms with Gasteiger partial charge in [-0.15, -0.1) is 24.0 Å². The van der Waals surface area contributed by atoms with Gasteiger partial charge in [0.25, 0.3) is 0 Å². The molecule has 0 radical (unpaired) electrons. The molecule has 0 unspecified atom stereocenters. The molecule has 1 aliphatic carbocycles. The van der Waals surface area contributed by atoms with Crippen LogP contribution in [0.2, 0.25) is 0 Å². The fraction of sp³-hybridized carbons (Fsp3) is 0.625. The molecule has 0 atom stereocenters. The van der Waals surface area contributed by atoms with Crippen molar-refractivity contribution in [2.24, 2.45) is 4.99 Å². The lowest BCUT2D eigenvalue weighted by Gasteiger charge is -2.24. The molecule has 0 amide bonds. The third-order valence-corrected chi connectivity index (χ3v) is 5.35. The summed E-state index contributed by atoms with van der Waals surface area (Å²) < 4.78 is 26.7. The van der Waals surface area contributed by atoms with Crippen LogP contribution in [-0.4, -0.2) is 45.0 Å². The largest absolute Gasteiger partial charge is 0.357 e. The zero-order chi connectivity index (χ0) is 17.3. The number of aromatic nitrogens is 1. The van der Waals surface area contributed by atoms with Crippen LogP contribution < -0.4 is 15.4 Å². The Hall–Kier alpha value is -0.940. The van der Waals surface area contributed by atoms with E-state index < -0.39 is 10.0 Å². The van der Waals surface area contributed by atoms with Crippen molar-refractivity contribution in [3.05, 3.63) is 24.5 Å². The van der Waals surface area contributed by atoms with Crippen LogP contribution >= 0.6 is 24.0 Å². The van der Waals surface area contributed by atoms with Crippen molar-refractivity contribution in [2.75, 3.05) is 19.6 Å². The topological polar surface area (TPSA) is 95.5 Å². The van der Waals surface area contributed by atoms with Crippen molar-refractivity contribution < 1.29 is 8.42 Å². The van der Waals surface area contributed by atoms with E-state index in [1.165, 1.54) is 31.5 Å². The normalized spacial score (nSPS) is 16.1. The Kier molecular flexibility index (Phi) is 10.3. The lowest BCUT2D eigenvalue weighted by atomic mass is 9.96. The van der Waals surface area contributed by atoms with E-state index in [2.05, 4.69) is 25.3 Å². The standard InChI is InChI=1S/C16H27N5O2S.HI/c1-2-18-16(21-14-7-4-3-5-8-14)19-11-12-20-24(22,23)15-9-6-10-17-13-15;/h6,9-10,13-14,20H,2-5,7-8,11-12H2,1H3,(H2,18,19,21);1H. The molecular weight excluding hydrogens is 453 g/mol. The molecule has 2 rings (SSSR count). The molecule has 1 aromatic rings. The first-order valence-electron chi connectivity index (χ1n) is 8.56. The molecule has 7 nitrogen and oxygen atoms in total. The van der Waals surface area contributed by atoms with Gasteiger partial charge in [0, 0.05) is 31.5 Å². The summed E-state index contributed by atoms with van der Waals surface area (Å²) in [4.78, 5) is 8.45. The summed E-state index contributed by atoms with van der Waals surface area (Å²) in [5.41, 5.74) is 0. The fourth-order valence-electron chi connectivity index (χ4n) is 2.70. The zero-order valence-corrected chi connectivity index (χ0v) is 17.7. The predicted octanol–water partition coefficient (Wildman–Crippen LogP) is 1.87. The van der Waals surface area contributed by atoms with Gasteiger partial charge in [0.2, 0.25) is 10.0 Å². The molecule has 9 heteroatoms. The lowest BCUT2D eigenvalue weighted by molar-refractivity contribution is 0.410. The molecule has 1 aliphatic rings. The monoisotopic (exact) mass is 481 g/mol. The Balaban J connectivity index is 0.00000312. The Morgan fingerprint density at radius 2 is 2.08 bits per heavy atom. The highest BCUT2D eigenvalue weighted by Gasteiger charge is 2.15. The second-order valence-electron chi connectivity index (χ2n) is 5.83. The lowest BCUT2D eigenvalue weighted by Crippen LogP contribution is -2.44. The first-order chi connectivity index (χ1) is 11.6. The van der Waals surface area contributed by atoms with Gasteiger partial charge < -0.3 is 10.6 Å². The van der Waals surface area contributed by atoms with Crippen LogP contribution in [0.1, 0.15) is 39.0 Å². The Morgan fingerprint density at radius 1 is 1.32 bits per heavy atom. The molecule has 1 heterocycles. The highest BCUT2D eigenvalue weighted by Crippen LogP contribution is 2.17. The second kappa shape index (κ2) is 11.6. The number of hydrogen-bond donors (Lipinski definition) is 3. The molecule has 142 valence electrons. The minimum absolute atomic E-state index is 0. The smallest absolute Gasteiger partial charge is 0.242 e. The maximum Gasteiger partial charge on any atom is 0.242 e. The average molecular weight is 481 g/mol. The molecule has 25 heavy (non-hydrogen) atoms. The SMILES string of the molecule is CCNC(=NCCNS(=O)(=O)c1cccnc1)NC1CCCCC1.I. The summed E-state index contributed by atoms with van der Waals surface area (Å²) in [6.07, 6.45) is 9.02. The van der Waals surface area contributed by atoms with Crippen LogP contribution in [0.3, 0.4) is 0 Å². The van der Waals surface area contributed by atoms with Crippen LogP contribution in [-0.2, 0) is 10.0 Å². The van der Waals surface area contributed by atoms with Gasteiger partial charge in [0.05, 0.1) is 6.54 Å². The van der Waals surface area contributed by atoms with Crippen molar-refractivity contribution >= 4 is 40.0 Å². The van der Waals surface area contributed by atoms with Gasteiger partial charge >= 0.3 is 0 Å². The van der Waals surface area contributed by atoms with E-state index >= 15 is 0 Å². The highest BCUT2D eigenvalue weighted by molar-refractivity contribution is 14.0. The number of aliphatic imine (C=N–C) groups is 1. The van der Waals surface area contributed by atoms with E-state index in [1.54, 1.807) is 12.3 Å². The molecule has 0 aliphatic heterocycles. The van der Waals surface area contributed by atoms with Crippen LogP contribution in [0.15, 0.2) is 34.4 Å². The van der Waals surface area contributed by atoms with Gasteiger partial charge in [-0.1, -0.05) is 19.3 Å². The number of nitrogens with one attached hydrogen (secondary N) is 3. The molecule has 0 spiro atoms. The van der Waals surface area contributed by atoms with E-state index in [-0.39, 0.29) is 35.4 Å². The summed E-state index contributed by atoms with van der Waals surface area (Å²) in [6, 6.07) is 3.58. The number of pyridine rings is 1. The number of hydrogen-bond acceptors (Lipinski definition) is 4. The fourth-order valence-corrected chi connectivity index (χ4v) is 3.68. The quantitative estimate of drug-likeness (QED) is 0.239. The van der Waals surface area contributed by atoms with Crippen molar-refractivity contribution in [1.82, 2.24) is 20.3 Å². The van der Waals surface area contributed by atoms with Crippen LogP contribution in [0.5, 0.6) is 0 Å². The van der Waals surface area contributed by atoms with E-state index in [4.69, 9.17) is 0 Å². The summed E-state index contributed by atoms with van der Waals surface area (Å²) in [6.45, 7) is 3.42. The minimum atomic E-state index is -3.52. The molecule has 1 fully saturated rings. The van der Waals surface area contributed by atoms with Crippen LogP contribution in [0.25, 0.3) is 0 Å². The first-order valence-corrected chi connectivity index (χ1v) is 10.0. The maximum atomic E-state index is 12.1. The van der Waals surface area contributed by atoms with E-state index in [9.17, 15) is 8.42 Å². The summed E-state index contributed by atoms with van der Waals surface area (Å²) in [7, 11) is -3.52. The van der Waals surface area contributed by atoms with Gasteiger partial charge in [-0.25, -0.2) is 13.1 Å². The molecule has 0 aromatic carbocycles. The van der Waals surface area contributed by atoms with Crippen LogP contribution in [0.4, 0.5) is 0 Å².